The first-order valence-electron chi connectivity index (χ1n) is 3.82. The number of methoxy groups -OCH3 is 2. The van der Waals surface area contributed by atoms with Crippen molar-refractivity contribution in [2.45, 2.75) is 12.8 Å². The quantitative estimate of drug-likeness (QED) is 0.306. The molecule has 1 N–H and O–H groups in total. The summed E-state index contributed by atoms with van der Waals surface area (Å²) in [6, 6.07) is 0. The second kappa shape index (κ2) is 6.11. The van der Waals surface area contributed by atoms with Crippen LogP contribution in [-0.2, 0) is 14.3 Å². The van der Waals surface area contributed by atoms with Crippen molar-refractivity contribution < 1.29 is 19.4 Å². The van der Waals surface area contributed by atoms with Crippen molar-refractivity contribution in [1.82, 2.24) is 0 Å². The molecule has 0 bridgehead atoms. The number of hydrogen-bond acceptors (Lipinski definition) is 4. The number of aliphatic hydroxyl groups is 1. The fraction of sp³-hybridized carbons (Fsp3) is 0.444. The Labute approximate surface area is 77.5 Å². The molecule has 0 amide bonds. The minimum absolute atomic E-state index is 0.130. The topological polar surface area (TPSA) is 55.8 Å². The van der Waals surface area contributed by atoms with E-state index in [9.17, 15) is 4.79 Å². The number of carbonyl (C=O) groups is 1. The molecule has 0 heterocycles. The summed E-state index contributed by atoms with van der Waals surface area (Å²) >= 11 is 0. The molecule has 0 saturated heterocycles. The minimum Gasteiger partial charge on any atom is -0.481 e. The van der Waals surface area contributed by atoms with Crippen LogP contribution in [0.15, 0.2) is 24.2 Å². The van der Waals surface area contributed by atoms with Gasteiger partial charge in [0.2, 0.25) is 0 Å². The van der Waals surface area contributed by atoms with E-state index < -0.39 is 11.9 Å². The standard InChI is InChI=1S/C9H14O4/c1-4-5-6-7(8(10)12-2)9(11)13-3/h4,10H,1,5-6H2,2-3H3. The van der Waals surface area contributed by atoms with Crippen molar-refractivity contribution >= 4 is 5.97 Å². The Morgan fingerprint density at radius 1 is 1.46 bits per heavy atom. The van der Waals surface area contributed by atoms with Crippen LogP contribution >= 0.6 is 0 Å². The van der Waals surface area contributed by atoms with Gasteiger partial charge in [0.1, 0.15) is 5.57 Å². The number of carbonyl (C=O) groups excluding carboxylic acids is 1. The van der Waals surface area contributed by atoms with Gasteiger partial charge in [-0.3, -0.25) is 0 Å². The van der Waals surface area contributed by atoms with Crippen LogP contribution in [0.1, 0.15) is 12.8 Å². The van der Waals surface area contributed by atoms with Crippen molar-refractivity contribution in [3.63, 3.8) is 0 Å². The van der Waals surface area contributed by atoms with E-state index in [-0.39, 0.29) is 5.57 Å². The van der Waals surface area contributed by atoms with Crippen molar-refractivity contribution in [2.75, 3.05) is 14.2 Å². The summed E-state index contributed by atoms with van der Waals surface area (Å²) in [7, 11) is 2.53. The van der Waals surface area contributed by atoms with Gasteiger partial charge in [0.15, 0.2) is 0 Å². The van der Waals surface area contributed by atoms with Crippen LogP contribution in [0.4, 0.5) is 0 Å². The van der Waals surface area contributed by atoms with Crippen LogP contribution in [0.3, 0.4) is 0 Å². The highest BCUT2D eigenvalue weighted by atomic mass is 16.6. The first-order valence-corrected chi connectivity index (χ1v) is 3.82. The van der Waals surface area contributed by atoms with E-state index in [1.807, 2.05) is 0 Å². The van der Waals surface area contributed by atoms with Crippen LogP contribution in [-0.4, -0.2) is 25.3 Å². The lowest BCUT2D eigenvalue weighted by Crippen LogP contribution is -2.08. The summed E-state index contributed by atoms with van der Waals surface area (Å²) in [6.45, 7) is 3.51. The molecule has 0 unspecified atom stereocenters. The number of rotatable bonds is 5. The van der Waals surface area contributed by atoms with E-state index in [1.54, 1.807) is 6.08 Å². The lowest BCUT2D eigenvalue weighted by atomic mass is 10.1. The number of aliphatic hydroxyl groups excluding tert-OH is 1. The van der Waals surface area contributed by atoms with Crippen LogP contribution in [0.5, 0.6) is 0 Å². The molecule has 0 atom stereocenters. The summed E-state index contributed by atoms with van der Waals surface area (Å²) in [6.07, 6.45) is 2.58. The molecule has 0 aliphatic rings. The van der Waals surface area contributed by atoms with Gasteiger partial charge < -0.3 is 14.6 Å². The molecule has 0 fully saturated rings. The molecule has 13 heavy (non-hydrogen) atoms. The third-order valence-electron chi connectivity index (χ3n) is 1.48. The maximum absolute atomic E-state index is 11.1. The van der Waals surface area contributed by atoms with E-state index >= 15 is 0 Å². The molecule has 0 rings (SSSR count). The van der Waals surface area contributed by atoms with E-state index in [2.05, 4.69) is 16.1 Å². The molecule has 0 aromatic rings. The Balaban J connectivity index is 4.54. The molecular weight excluding hydrogens is 172 g/mol. The summed E-state index contributed by atoms with van der Waals surface area (Å²) in [5.74, 6) is -0.977. The van der Waals surface area contributed by atoms with E-state index in [0.29, 0.717) is 12.8 Å². The lowest BCUT2D eigenvalue weighted by molar-refractivity contribution is -0.136. The van der Waals surface area contributed by atoms with Crippen molar-refractivity contribution in [3.05, 3.63) is 24.2 Å². The van der Waals surface area contributed by atoms with Gasteiger partial charge in [-0.05, 0) is 12.8 Å². The monoisotopic (exact) mass is 186 g/mol. The molecule has 4 nitrogen and oxygen atoms in total. The van der Waals surface area contributed by atoms with E-state index in [4.69, 9.17) is 5.11 Å². The largest absolute Gasteiger partial charge is 0.481 e. The molecule has 0 radical (unpaired) electrons. The highest BCUT2D eigenvalue weighted by Gasteiger charge is 2.15. The zero-order valence-electron chi connectivity index (χ0n) is 7.87. The average molecular weight is 186 g/mol. The normalized spacial score (nSPS) is 11.5. The molecule has 0 spiro atoms. The van der Waals surface area contributed by atoms with Gasteiger partial charge in [-0.1, -0.05) is 6.08 Å². The first kappa shape index (κ1) is 11.6. The second-order valence-electron chi connectivity index (χ2n) is 2.31. The fourth-order valence-electron chi connectivity index (χ4n) is 0.789. The molecule has 4 heteroatoms. The van der Waals surface area contributed by atoms with Crippen LogP contribution in [0, 0.1) is 0 Å². The van der Waals surface area contributed by atoms with Gasteiger partial charge in [0.05, 0.1) is 14.2 Å². The molecule has 0 aromatic heterocycles. The summed E-state index contributed by atoms with van der Waals surface area (Å²) < 4.78 is 8.99. The summed E-state index contributed by atoms with van der Waals surface area (Å²) in [5, 5.41) is 9.17. The maximum atomic E-state index is 11.1. The van der Waals surface area contributed by atoms with Crippen LogP contribution < -0.4 is 0 Å². The summed E-state index contributed by atoms with van der Waals surface area (Å²) in [4.78, 5) is 11.1. The Bertz CT molecular complexity index is 218. The Kier molecular flexibility index (Phi) is 5.43. The maximum Gasteiger partial charge on any atom is 0.340 e. The Morgan fingerprint density at radius 2 is 2.08 bits per heavy atom. The third kappa shape index (κ3) is 3.64. The predicted octanol–water partition coefficient (Wildman–Crippen LogP) is 1.54. The van der Waals surface area contributed by atoms with Crippen LogP contribution in [0.25, 0.3) is 0 Å². The number of esters is 1. The predicted molar refractivity (Wildman–Crippen MR) is 48.1 cm³/mol. The highest BCUT2D eigenvalue weighted by molar-refractivity contribution is 5.88. The van der Waals surface area contributed by atoms with Crippen molar-refractivity contribution in [3.8, 4) is 0 Å². The van der Waals surface area contributed by atoms with Gasteiger partial charge >= 0.3 is 5.97 Å². The summed E-state index contributed by atoms with van der Waals surface area (Å²) in [5.41, 5.74) is 0.130. The zero-order valence-corrected chi connectivity index (χ0v) is 7.87. The van der Waals surface area contributed by atoms with Crippen LogP contribution in [0.2, 0.25) is 0 Å². The zero-order chi connectivity index (χ0) is 10.3. The number of ether oxygens (including phenoxy) is 2. The highest BCUT2D eigenvalue weighted by Crippen LogP contribution is 2.12. The van der Waals surface area contributed by atoms with E-state index in [0.717, 1.165) is 0 Å². The molecule has 0 saturated carbocycles. The molecule has 0 aliphatic carbocycles. The smallest absolute Gasteiger partial charge is 0.340 e. The number of allylic oxidation sites excluding steroid dienone is 1. The third-order valence-corrected chi connectivity index (χ3v) is 1.48. The van der Waals surface area contributed by atoms with E-state index in [1.165, 1.54) is 14.2 Å². The Morgan fingerprint density at radius 3 is 2.46 bits per heavy atom. The first-order chi connectivity index (χ1) is 6.17. The Hall–Kier alpha value is -1.45. The van der Waals surface area contributed by atoms with Gasteiger partial charge in [-0.2, -0.15) is 0 Å². The molecular formula is C9H14O4. The molecule has 74 valence electrons. The minimum atomic E-state index is -0.582. The van der Waals surface area contributed by atoms with Gasteiger partial charge in [-0.15, -0.1) is 6.58 Å². The number of hydrogen-bond donors (Lipinski definition) is 1. The van der Waals surface area contributed by atoms with Gasteiger partial charge in [-0.25, -0.2) is 4.79 Å². The van der Waals surface area contributed by atoms with Gasteiger partial charge in [0.25, 0.3) is 5.95 Å². The van der Waals surface area contributed by atoms with Crippen molar-refractivity contribution in [1.29, 1.82) is 0 Å². The van der Waals surface area contributed by atoms with Crippen molar-refractivity contribution in [2.24, 2.45) is 0 Å². The molecule has 0 aromatic carbocycles. The SMILES string of the molecule is C=CCCC(C(=O)OC)=C(O)OC. The van der Waals surface area contributed by atoms with Gasteiger partial charge in [0, 0.05) is 0 Å². The fourth-order valence-corrected chi connectivity index (χ4v) is 0.789. The second-order valence-corrected chi connectivity index (χ2v) is 2.31. The molecule has 0 aliphatic heterocycles. The lowest BCUT2D eigenvalue weighted by Gasteiger charge is -2.05. The average Bonchev–Trinajstić information content (AvgIpc) is 2.17.